The van der Waals surface area contributed by atoms with E-state index in [0.29, 0.717) is 57.8 Å². The van der Waals surface area contributed by atoms with Crippen molar-refractivity contribution in [2.45, 2.75) is 64.2 Å². The molecule has 10 rings (SSSR count). The van der Waals surface area contributed by atoms with Crippen LogP contribution in [0.3, 0.4) is 0 Å². The second-order valence-corrected chi connectivity index (χ2v) is 21.7. The highest BCUT2D eigenvalue weighted by Crippen LogP contribution is 2.40. The summed E-state index contributed by atoms with van der Waals surface area (Å²) in [4.78, 5) is 73.7. The number of amides is 4. The third-order valence-electron chi connectivity index (χ3n) is 15.6. The van der Waals surface area contributed by atoms with Crippen LogP contribution in [0.2, 0.25) is 0 Å². The first-order valence-electron chi connectivity index (χ1n) is 27.7. The Morgan fingerprint density at radius 1 is 0.523 bits per heavy atom. The Morgan fingerprint density at radius 2 is 0.860 bits per heavy atom. The van der Waals surface area contributed by atoms with Gasteiger partial charge in [-0.15, -0.1) is 0 Å². The number of ether oxygens (including phenoxy) is 2. The van der Waals surface area contributed by atoms with Crippen molar-refractivity contribution in [3.63, 3.8) is 0 Å². The summed E-state index contributed by atoms with van der Waals surface area (Å²) in [5.74, 6) is 0.00423. The zero-order valence-corrected chi connectivity index (χ0v) is 49.2. The van der Waals surface area contributed by atoms with Gasteiger partial charge in [0.2, 0.25) is 11.8 Å². The smallest absolute Gasteiger partial charge is 0.433 e. The molecule has 2 fully saturated rings. The van der Waals surface area contributed by atoms with Crippen molar-refractivity contribution >= 4 is 34.9 Å². The molecule has 6 heterocycles. The number of aromatic nitrogens is 6. The summed E-state index contributed by atoms with van der Waals surface area (Å²) in [6.45, 7) is 8.52. The predicted molar refractivity (Wildman–Crippen MR) is 309 cm³/mol. The number of carbonyl (C=O) groups excluding carboxylic acids is 4. The van der Waals surface area contributed by atoms with Crippen LogP contribution in [0.25, 0.3) is 33.8 Å². The number of halogens is 6. The maximum Gasteiger partial charge on any atom is 0.433 e. The molecule has 452 valence electrons. The molecule has 0 spiro atoms. The summed E-state index contributed by atoms with van der Waals surface area (Å²) in [6, 6.07) is 30.2. The lowest BCUT2D eigenvalue weighted by molar-refractivity contribution is -0.144. The monoisotopic (exact) mass is 1190 g/mol. The number of rotatable bonds is 12. The molecule has 4 atom stereocenters. The molecule has 0 unspecified atom stereocenters. The van der Waals surface area contributed by atoms with E-state index in [1.807, 2.05) is 84.3 Å². The maximum atomic E-state index is 14.4. The predicted octanol–water partition coefficient (Wildman–Crippen LogP) is 9.42. The lowest BCUT2D eigenvalue weighted by Crippen LogP contribution is -2.56. The molecule has 4 aromatic heterocycles. The van der Waals surface area contributed by atoms with E-state index in [-0.39, 0.29) is 81.9 Å². The van der Waals surface area contributed by atoms with E-state index < -0.39 is 47.6 Å². The van der Waals surface area contributed by atoms with Gasteiger partial charge in [0, 0.05) is 102 Å². The number of benzene rings is 4. The van der Waals surface area contributed by atoms with Gasteiger partial charge in [-0.1, -0.05) is 60.7 Å². The number of piperazine rings is 2. The fourth-order valence-electron chi connectivity index (χ4n) is 11.3. The number of hydrogen-bond donors (Lipinski definition) is 0. The average Bonchev–Trinajstić information content (AvgIpc) is 1.70. The molecule has 0 aliphatic carbocycles. The van der Waals surface area contributed by atoms with Gasteiger partial charge < -0.3 is 29.1 Å². The zero-order chi connectivity index (χ0) is 62.1. The lowest BCUT2D eigenvalue weighted by Gasteiger charge is -2.43. The number of carbonyl (C=O) groups is 4. The van der Waals surface area contributed by atoms with Crippen molar-refractivity contribution in [3.05, 3.63) is 166 Å². The van der Waals surface area contributed by atoms with Gasteiger partial charge >= 0.3 is 12.4 Å². The minimum atomic E-state index is -4.75. The molecule has 86 heavy (non-hydrogen) atoms. The van der Waals surface area contributed by atoms with Gasteiger partial charge in [0.15, 0.2) is 22.7 Å². The summed E-state index contributed by atoms with van der Waals surface area (Å²) in [5.41, 5.74) is 0.208. The van der Waals surface area contributed by atoms with Gasteiger partial charge in [-0.3, -0.25) is 29.0 Å². The first-order chi connectivity index (χ1) is 40.8. The fraction of sp³-hybridized carbons (Fsp3) is 0.355. The average molecular weight is 1190 g/mol. The van der Waals surface area contributed by atoms with Crippen LogP contribution >= 0.6 is 0 Å². The molecule has 8 aromatic rings. The Kier molecular flexibility index (Phi) is 17.9. The molecule has 2 saturated heterocycles. The third kappa shape index (κ3) is 12.3. The Morgan fingerprint density at radius 3 is 1.15 bits per heavy atom. The van der Waals surface area contributed by atoms with Gasteiger partial charge in [0.25, 0.3) is 11.8 Å². The number of alkyl halides is 6. The second kappa shape index (κ2) is 25.0. The minimum Gasteiger partial charge on any atom is -0.497 e. The number of hydrogen-bond acceptors (Lipinski definition) is 12. The zero-order valence-electron chi connectivity index (χ0n) is 49.2. The first kappa shape index (κ1) is 61.7. The van der Waals surface area contributed by atoms with Crippen LogP contribution in [0.1, 0.15) is 80.3 Å². The van der Waals surface area contributed by atoms with Crippen LogP contribution < -0.4 is 9.47 Å². The molecular weight excluding hydrogens is 1120 g/mol. The highest BCUT2D eigenvalue weighted by Gasteiger charge is 2.43. The Balaban J connectivity index is 0.000000205. The molecule has 0 saturated carbocycles. The van der Waals surface area contributed by atoms with Crippen molar-refractivity contribution in [2.75, 3.05) is 81.7 Å². The van der Waals surface area contributed by atoms with Gasteiger partial charge in [-0.2, -0.15) is 36.5 Å². The van der Waals surface area contributed by atoms with Gasteiger partial charge in [-0.25, -0.2) is 19.0 Å². The second-order valence-electron chi connectivity index (χ2n) is 21.7. The van der Waals surface area contributed by atoms with E-state index in [1.54, 1.807) is 96.3 Å². The van der Waals surface area contributed by atoms with Crippen molar-refractivity contribution in [1.29, 1.82) is 0 Å². The van der Waals surface area contributed by atoms with E-state index in [0.717, 1.165) is 23.5 Å². The van der Waals surface area contributed by atoms with Crippen LogP contribution in [-0.2, 0) is 21.9 Å². The van der Waals surface area contributed by atoms with Crippen molar-refractivity contribution in [2.24, 2.45) is 0 Å². The van der Waals surface area contributed by atoms with E-state index >= 15 is 0 Å². The molecular formula is C62H66F6N12O6. The van der Waals surface area contributed by atoms with E-state index in [9.17, 15) is 45.5 Å². The number of likely N-dealkylation sites (N-methyl/N-ethyl adjacent to an activating group) is 2. The van der Waals surface area contributed by atoms with Crippen LogP contribution in [0.5, 0.6) is 11.5 Å². The molecule has 0 bridgehead atoms. The van der Waals surface area contributed by atoms with Crippen molar-refractivity contribution < 1.29 is 55.0 Å². The molecule has 4 aromatic carbocycles. The van der Waals surface area contributed by atoms with E-state index in [2.05, 4.69) is 20.2 Å². The molecule has 2 aliphatic heterocycles. The molecule has 0 radical (unpaired) electrons. The number of nitrogens with zero attached hydrogens (tertiary/aromatic N) is 12. The first-order valence-corrected chi connectivity index (χ1v) is 27.7. The van der Waals surface area contributed by atoms with Crippen LogP contribution in [-0.4, -0.2) is 176 Å². The van der Waals surface area contributed by atoms with Crippen LogP contribution in [0, 0.1) is 13.8 Å². The number of methoxy groups -OCH3 is 2. The topological polar surface area (TPSA) is 167 Å². The van der Waals surface area contributed by atoms with Crippen LogP contribution in [0.15, 0.2) is 122 Å². The fourth-order valence-corrected chi connectivity index (χ4v) is 11.3. The van der Waals surface area contributed by atoms with Crippen molar-refractivity contribution in [3.8, 4) is 34.0 Å². The summed E-state index contributed by atoms with van der Waals surface area (Å²) in [7, 11) is 9.82. The van der Waals surface area contributed by atoms with Crippen LogP contribution in [0.4, 0.5) is 26.3 Å². The molecule has 18 nitrogen and oxygen atoms in total. The summed E-state index contributed by atoms with van der Waals surface area (Å²) in [6.07, 6.45) is -7.19. The minimum absolute atomic E-state index is 0.0236. The summed E-state index contributed by atoms with van der Waals surface area (Å²) >= 11 is 0. The third-order valence-corrected chi connectivity index (χ3v) is 15.6. The lowest BCUT2D eigenvalue weighted by atomic mass is 10.0. The van der Waals surface area contributed by atoms with E-state index in [1.165, 1.54) is 28.1 Å². The summed E-state index contributed by atoms with van der Waals surface area (Å²) < 4.78 is 97.9. The van der Waals surface area contributed by atoms with Gasteiger partial charge in [0.05, 0.1) is 38.0 Å². The number of fused-ring (bicyclic) bond motifs is 2. The SMILES string of the molecule is COc1ccc(-c2nc3c(C(=O)N4CCN([C@@H](C(=O)N(C)C)c5ccccc5)C[C@H]4C)cnn3c(C(F)(F)F)c2C)cc1.COc1ccc(-c2nc3c(C(=O)N4CCN([C@H](C(=O)N(C)C)c5ccccc5)C[C@H]4C)cnn3c(C(F)(F)F)c2C)cc1. The molecule has 0 N–H and O–H groups in total. The Bertz CT molecular complexity index is 3520. The van der Waals surface area contributed by atoms with E-state index in [4.69, 9.17) is 9.47 Å². The molecule has 2 aliphatic rings. The summed E-state index contributed by atoms with van der Waals surface area (Å²) in [5, 5.41) is 7.96. The van der Waals surface area contributed by atoms with Gasteiger partial charge in [0.1, 0.15) is 34.7 Å². The maximum absolute atomic E-state index is 14.4. The highest BCUT2D eigenvalue weighted by molar-refractivity contribution is 6.01. The highest BCUT2D eigenvalue weighted by atomic mass is 19.4. The quantitative estimate of drug-likeness (QED) is 0.107. The Labute approximate surface area is 493 Å². The molecule has 4 amide bonds. The largest absolute Gasteiger partial charge is 0.497 e. The standard InChI is InChI=1S/2C31H33F3N6O3/c2*1-19-18-38(26(30(42)37(3)4)22-9-7-6-8-10-22)15-16-39(19)29(41)24-17-35-40-27(31(32,33)34)20(2)25(36-28(24)40)21-11-13-23(43-5)14-12-21/h2*6-14,17,19,26H,15-16,18H2,1-5H3/t19-,26+;19-,26-/m11/s1. The Hall–Kier alpha value is -8.90. The molecule has 24 heteroatoms. The van der Waals surface area contributed by atoms with Crippen molar-refractivity contribution in [1.82, 2.24) is 58.6 Å². The normalized spacial score (nSPS) is 16.7. The van der Waals surface area contributed by atoms with Gasteiger partial charge in [-0.05, 0) is 87.4 Å².